The van der Waals surface area contributed by atoms with E-state index in [-0.39, 0.29) is 40.6 Å². The van der Waals surface area contributed by atoms with Gasteiger partial charge < -0.3 is 25.1 Å². The van der Waals surface area contributed by atoms with E-state index in [1.165, 1.54) is 39.5 Å². The van der Waals surface area contributed by atoms with Crippen molar-refractivity contribution in [3.8, 4) is 17.2 Å². The van der Waals surface area contributed by atoms with Crippen molar-refractivity contribution in [3.63, 3.8) is 0 Å². The number of carbonyl (C=O) groups is 2. The number of benzene rings is 3. The number of hydrogen-bond acceptors (Lipinski definition) is 8. The molecule has 12 nitrogen and oxygen atoms in total. The topological polar surface area (TPSA) is 183 Å². The molecule has 5 N–H and O–H groups in total. The second-order valence-electron chi connectivity index (χ2n) is 9.13. The SMILES string of the molecule is COC(=O)c1ccccc1-n1nc(C(Cc2ccc(C(=N)N)cc2)c2cc(OC)c(OC)cc2F)[nH]c1=O.O=C(O)C(F)(F)F. The number of alkyl halides is 3. The van der Waals surface area contributed by atoms with Crippen molar-refractivity contribution in [2.75, 3.05) is 21.3 Å². The van der Waals surface area contributed by atoms with Crippen molar-refractivity contribution in [2.45, 2.75) is 18.5 Å². The molecule has 0 saturated heterocycles. The minimum absolute atomic E-state index is 0.0774. The zero-order valence-corrected chi connectivity index (χ0v) is 23.9. The maximum absolute atomic E-state index is 15.4. The van der Waals surface area contributed by atoms with Gasteiger partial charge in [-0.25, -0.2) is 18.8 Å². The number of carbonyl (C=O) groups excluding carboxylic acids is 1. The summed E-state index contributed by atoms with van der Waals surface area (Å²) in [5, 5.41) is 19.2. The minimum Gasteiger partial charge on any atom is -0.493 e. The lowest BCUT2D eigenvalue weighted by molar-refractivity contribution is -0.192. The van der Waals surface area contributed by atoms with Crippen LogP contribution < -0.4 is 20.9 Å². The van der Waals surface area contributed by atoms with Crippen LogP contribution in [0.5, 0.6) is 11.5 Å². The number of methoxy groups -OCH3 is 3. The van der Waals surface area contributed by atoms with Crippen LogP contribution in [0.2, 0.25) is 0 Å². The van der Waals surface area contributed by atoms with Crippen LogP contribution in [0.15, 0.2) is 65.5 Å². The summed E-state index contributed by atoms with van der Waals surface area (Å²) in [6, 6.07) is 16.0. The summed E-state index contributed by atoms with van der Waals surface area (Å²) in [6.45, 7) is 0. The van der Waals surface area contributed by atoms with Crippen LogP contribution in [-0.2, 0) is 16.0 Å². The molecule has 0 radical (unpaired) electrons. The number of nitrogens with two attached hydrogens (primary N) is 1. The Balaban J connectivity index is 0.000000707. The van der Waals surface area contributed by atoms with E-state index in [0.717, 1.165) is 10.2 Å². The van der Waals surface area contributed by atoms with E-state index in [2.05, 4.69) is 10.1 Å². The molecule has 0 aliphatic carbocycles. The summed E-state index contributed by atoms with van der Waals surface area (Å²) >= 11 is 0. The van der Waals surface area contributed by atoms with E-state index in [1.807, 2.05) is 0 Å². The zero-order valence-electron chi connectivity index (χ0n) is 23.9. The molecular weight excluding hydrogens is 606 g/mol. The molecule has 0 fully saturated rings. The Labute approximate surface area is 252 Å². The third-order valence-corrected chi connectivity index (χ3v) is 6.33. The number of rotatable bonds is 9. The van der Waals surface area contributed by atoms with Crippen molar-refractivity contribution in [1.29, 1.82) is 5.41 Å². The number of hydrogen-bond donors (Lipinski definition) is 4. The Kier molecular flexibility index (Phi) is 10.7. The third kappa shape index (κ3) is 8.04. The molecule has 0 aliphatic rings. The molecule has 4 aromatic rings. The number of aromatic amines is 1. The van der Waals surface area contributed by atoms with E-state index < -0.39 is 35.5 Å². The number of aromatic nitrogens is 3. The highest BCUT2D eigenvalue weighted by atomic mass is 19.4. The summed E-state index contributed by atoms with van der Waals surface area (Å²) < 4.78 is 63.7. The highest BCUT2D eigenvalue weighted by molar-refractivity contribution is 5.95. The van der Waals surface area contributed by atoms with Crippen LogP contribution in [0.4, 0.5) is 17.6 Å². The van der Waals surface area contributed by atoms with Gasteiger partial charge in [-0.05, 0) is 30.2 Å². The second kappa shape index (κ2) is 14.2. The molecule has 45 heavy (non-hydrogen) atoms. The summed E-state index contributed by atoms with van der Waals surface area (Å²) in [4.78, 5) is 37.0. The van der Waals surface area contributed by atoms with E-state index in [4.69, 9.17) is 35.3 Å². The van der Waals surface area contributed by atoms with Gasteiger partial charge in [0.1, 0.15) is 17.5 Å². The van der Waals surface area contributed by atoms with Gasteiger partial charge in [-0.3, -0.25) is 10.4 Å². The largest absolute Gasteiger partial charge is 0.493 e. The Morgan fingerprint density at radius 2 is 1.62 bits per heavy atom. The number of ether oxygens (including phenoxy) is 3. The molecule has 1 aromatic heterocycles. The van der Waals surface area contributed by atoms with E-state index in [1.54, 1.807) is 42.5 Å². The van der Waals surface area contributed by atoms with Gasteiger partial charge in [-0.1, -0.05) is 36.4 Å². The predicted octanol–water partition coefficient (Wildman–Crippen LogP) is 3.80. The number of H-pyrrole nitrogens is 1. The molecule has 0 saturated carbocycles. The summed E-state index contributed by atoms with van der Waals surface area (Å²) in [5.41, 5.74) is 6.83. The number of amidine groups is 1. The number of esters is 1. The molecule has 3 aromatic carbocycles. The van der Waals surface area contributed by atoms with Gasteiger partial charge in [0, 0.05) is 17.2 Å². The number of para-hydroxylation sites is 1. The molecule has 0 amide bonds. The maximum atomic E-state index is 15.4. The summed E-state index contributed by atoms with van der Waals surface area (Å²) in [7, 11) is 4.09. The third-order valence-electron chi connectivity index (χ3n) is 6.33. The first kappa shape index (κ1) is 33.8. The molecule has 1 atom stereocenters. The molecule has 16 heteroatoms. The van der Waals surface area contributed by atoms with Crippen molar-refractivity contribution in [3.05, 3.63) is 105 Å². The number of carboxylic acids is 1. The van der Waals surface area contributed by atoms with Crippen molar-refractivity contribution < 1.29 is 46.5 Å². The first-order chi connectivity index (χ1) is 21.2. The second-order valence-corrected chi connectivity index (χ2v) is 9.13. The highest BCUT2D eigenvalue weighted by Gasteiger charge is 2.38. The van der Waals surface area contributed by atoms with Gasteiger partial charge in [-0.2, -0.15) is 17.9 Å². The van der Waals surface area contributed by atoms with Crippen LogP contribution in [-0.4, -0.2) is 65.2 Å². The van der Waals surface area contributed by atoms with Crippen molar-refractivity contribution in [1.82, 2.24) is 14.8 Å². The minimum atomic E-state index is -5.08. The Bertz CT molecular complexity index is 1750. The van der Waals surface area contributed by atoms with Gasteiger partial charge >= 0.3 is 23.8 Å². The Morgan fingerprint density at radius 1 is 1.04 bits per heavy atom. The number of nitrogens with one attached hydrogen (secondary N) is 2. The van der Waals surface area contributed by atoms with Crippen molar-refractivity contribution in [2.24, 2.45) is 5.73 Å². The molecule has 0 aliphatic heterocycles. The lowest BCUT2D eigenvalue weighted by atomic mass is 9.90. The monoisotopic (exact) mass is 633 g/mol. The standard InChI is InChI=1S/C27H26FN5O5.C2HF3O2/c1-36-22-13-18(20(28)14-23(22)37-2)19(12-15-8-10-16(11-9-15)24(29)30)25-31-27(35)33(32-25)21-7-5-4-6-17(21)26(34)38-3;3-2(4,5)1(6)7/h4-11,13-14,19H,12H2,1-3H3,(H3,29,30)(H,31,32,35);(H,6,7). The molecule has 4 rings (SSSR count). The van der Waals surface area contributed by atoms with Gasteiger partial charge in [0.2, 0.25) is 0 Å². The van der Waals surface area contributed by atoms with E-state index >= 15 is 4.39 Å². The molecular formula is C29H27F4N5O7. The number of nitrogen functional groups attached to an aromatic ring is 1. The summed E-state index contributed by atoms with van der Waals surface area (Å²) in [5.74, 6) is -4.14. The molecule has 0 bridgehead atoms. The highest BCUT2D eigenvalue weighted by Crippen LogP contribution is 2.36. The van der Waals surface area contributed by atoms with Crippen LogP contribution in [0.3, 0.4) is 0 Å². The predicted molar refractivity (Wildman–Crippen MR) is 152 cm³/mol. The van der Waals surface area contributed by atoms with E-state index in [9.17, 15) is 22.8 Å². The maximum Gasteiger partial charge on any atom is 0.490 e. The van der Waals surface area contributed by atoms with Gasteiger partial charge in [0.25, 0.3) is 0 Å². The average Bonchev–Trinajstić information content (AvgIpc) is 3.40. The van der Waals surface area contributed by atoms with Crippen LogP contribution in [0.25, 0.3) is 5.69 Å². The van der Waals surface area contributed by atoms with Crippen molar-refractivity contribution >= 4 is 17.8 Å². The molecule has 1 unspecified atom stereocenters. The number of aliphatic carboxylic acids is 1. The zero-order chi connectivity index (χ0) is 33.5. The van der Waals surface area contributed by atoms with Crippen LogP contribution in [0, 0.1) is 11.2 Å². The van der Waals surface area contributed by atoms with Gasteiger partial charge in [0.15, 0.2) is 11.5 Å². The quantitative estimate of drug-likeness (QED) is 0.0922. The summed E-state index contributed by atoms with van der Waals surface area (Å²) in [6.07, 6.45) is -4.85. The van der Waals surface area contributed by atoms with E-state index in [0.29, 0.717) is 11.3 Å². The average molecular weight is 634 g/mol. The van der Waals surface area contributed by atoms with Crippen LogP contribution in [0.1, 0.15) is 38.8 Å². The fourth-order valence-corrected chi connectivity index (χ4v) is 4.15. The molecule has 0 spiro atoms. The normalized spacial score (nSPS) is 11.5. The lowest BCUT2D eigenvalue weighted by Crippen LogP contribution is -2.21. The number of carboxylic acid groups (broad SMARTS) is 1. The Hall–Kier alpha value is -5.67. The first-order valence-electron chi connectivity index (χ1n) is 12.7. The smallest absolute Gasteiger partial charge is 0.490 e. The van der Waals surface area contributed by atoms with Crippen LogP contribution >= 0.6 is 0 Å². The van der Waals surface area contributed by atoms with Gasteiger partial charge in [0.05, 0.1) is 38.5 Å². The molecule has 1 heterocycles. The Morgan fingerprint density at radius 3 is 2.16 bits per heavy atom. The lowest BCUT2D eigenvalue weighted by Gasteiger charge is -2.18. The number of nitrogens with zero attached hydrogens (tertiary/aromatic N) is 2. The first-order valence-corrected chi connectivity index (χ1v) is 12.7. The number of halogens is 4. The molecule has 238 valence electrons. The fourth-order valence-electron chi connectivity index (χ4n) is 4.15. The fraction of sp³-hybridized carbons (Fsp3) is 0.207. The van der Waals surface area contributed by atoms with Gasteiger partial charge in [-0.15, -0.1) is 5.10 Å².